The van der Waals surface area contributed by atoms with Crippen LogP contribution in [-0.2, 0) is 21.2 Å². The number of rotatable bonds is 6. The molecule has 0 saturated carbocycles. The molecule has 2 aliphatic rings. The van der Waals surface area contributed by atoms with Gasteiger partial charge in [-0.1, -0.05) is 0 Å². The predicted octanol–water partition coefficient (Wildman–Crippen LogP) is 2.93. The van der Waals surface area contributed by atoms with Gasteiger partial charge in [0, 0.05) is 55.7 Å². The van der Waals surface area contributed by atoms with Gasteiger partial charge in [0.2, 0.25) is 21.9 Å². The van der Waals surface area contributed by atoms with Crippen molar-refractivity contribution in [1.82, 2.24) is 14.3 Å². The molecule has 5 rings (SSSR count). The van der Waals surface area contributed by atoms with Crippen molar-refractivity contribution in [3.05, 3.63) is 59.8 Å². The second-order valence-electron chi connectivity index (χ2n) is 8.81. The molecule has 0 bridgehead atoms. The average Bonchev–Trinajstić information content (AvgIpc) is 2.88. The molecule has 2 N–H and O–H groups in total. The largest absolute Gasteiger partial charge is 0.497 e. The molecule has 1 aromatic heterocycles. The number of ether oxygens (including phenoxy) is 1. The van der Waals surface area contributed by atoms with Crippen LogP contribution in [0.4, 0.5) is 23.1 Å². The predicted molar refractivity (Wildman–Crippen MR) is 137 cm³/mol. The number of piperazine rings is 1. The van der Waals surface area contributed by atoms with Crippen LogP contribution < -0.4 is 20.3 Å². The first-order valence-corrected chi connectivity index (χ1v) is 13.2. The normalized spacial score (nSPS) is 16.3. The highest BCUT2D eigenvalue weighted by Crippen LogP contribution is 2.28. The molecule has 3 heterocycles. The number of nitrogens with zero attached hydrogens (tertiary/aromatic N) is 4. The molecular formula is C25H28N6O4S. The average molecular weight is 509 g/mol. The summed E-state index contributed by atoms with van der Waals surface area (Å²) in [5, 5.41) is 6.08. The third kappa shape index (κ3) is 4.98. The van der Waals surface area contributed by atoms with Crippen molar-refractivity contribution >= 4 is 39.1 Å². The number of anilines is 4. The molecule has 0 atom stereocenters. The lowest BCUT2D eigenvalue weighted by Gasteiger charge is -2.34. The molecular weight excluding hydrogens is 480 g/mol. The quantitative estimate of drug-likeness (QED) is 0.522. The van der Waals surface area contributed by atoms with Crippen LogP contribution in [0.2, 0.25) is 0 Å². The highest BCUT2D eigenvalue weighted by Gasteiger charge is 2.30. The van der Waals surface area contributed by atoms with Gasteiger partial charge in [-0.15, -0.1) is 0 Å². The van der Waals surface area contributed by atoms with Gasteiger partial charge in [0.25, 0.3) is 0 Å². The van der Waals surface area contributed by atoms with Gasteiger partial charge in [-0.2, -0.15) is 9.29 Å². The fourth-order valence-corrected chi connectivity index (χ4v) is 5.85. The Kier molecular flexibility index (Phi) is 6.50. The Morgan fingerprint density at radius 2 is 1.72 bits per heavy atom. The van der Waals surface area contributed by atoms with E-state index in [2.05, 4.69) is 20.6 Å². The fraction of sp³-hybridized carbons (Fsp3) is 0.320. The van der Waals surface area contributed by atoms with Crippen molar-refractivity contribution in [1.29, 1.82) is 0 Å². The van der Waals surface area contributed by atoms with Crippen LogP contribution in [0.5, 0.6) is 5.75 Å². The van der Waals surface area contributed by atoms with E-state index < -0.39 is 10.0 Å². The summed E-state index contributed by atoms with van der Waals surface area (Å²) in [6, 6.07) is 14.3. The smallest absolute Gasteiger partial charge is 0.243 e. The Balaban J connectivity index is 1.27. The number of nitrogens with one attached hydrogen (secondary N) is 2. The lowest BCUT2D eigenvalue weighted by Crippen LogP contribution is -2.49. The van der Waals surface area contributed by atoms with E-state index in [1.165, 1.54) is 4.31 Å². The van der Waals surface area contributed by atoms with Crippen LogP contribution in [0.1, 0.15) is 17.7 Å². The summed E-state index contributed by atoms with van der Waals surface area (Å²) in [6.07, 6.45) is 0.900. The van der Waals surface area contributed by atoms with Crippen LogP contribution in [0, 0.1) is 6.92 Å². The van der Waals surface area contributed by atoms with Crippen molar-refractivity contribution < 1.29 is 17.9 Å². The van der Waals surface area contributed by atoms with Crippen molar-refractivity contribution in [2.75, 3.05) is 48.8 Å². The van der Waals surface area contributed by atoms with Crippen LogP contribution in [0.15, 0.2) is 53.4 Å². The number of carbonyl (C=O) groups excluding carboxylic acids is 1. The maximum atomic E-state index is 13.3. The number of carbonyl (C=O) groups is 1. The highest BCUT2D eigenvalue weighted by molar-refractivity contribution is 7.89. The summed E-state index contributed by atoms with van der Waals surface area (Å²) in [5.74, 6) is 1.96. The molecule has 2 aliphatic heterocycles. The molecule has 10 nitrogen and oxygen atoms in total. The second-order valence-corrected chi connectivity index (χ2v) is 10.7. The van der Waals surface area contributed by atoms with Gasteiger partial charge in [-0.3, -0.25) is 4.79 Å². The third-order valence-electron chi connectivity index (χ3n) is 6.34. The first kappa shape index (κ1) is 24.0. The van der Waals surface area contributed by atoms with Gasteiger partial charge in [-0.05, 0) is 61.4 Å². The van der Waals surface area contributed by atoms with E-state index in [-0.39, 0.29) is 10.8 Å². The van der Waals surface area contributed by atoms with E-state index in [1.54, 1.807) is 25.3 Å². The lowest BCUT2D eigenvalue weighted by molar-refractivity contribution is -0.116. The maximum absolute atomic E-state index is 13.3. The minimum Gasteiger partial charge on any atom is -0.497 e. The molecule has 2 aromatic carbocycles. The number of hydrogen-bond acceptors (Lipinski definition) is 8. The Morgan fingerprint density at radius 1 is 0.972 bits per heavy atom. The van der Waals surface area contributed by atoms with Crippen molar-refractivity contribution in [2.45, 2.75) is 24.7 Å². The van der Waals surface area contributed by atoms with E-state index >= 15 is 0 Å². The first-order chi connectivity index (χ1) is 17.3. The van der Waals surface area contributed by atoms with Crippen LogP contribution in [-0.4, -0.2) is 61.9 Å². The summed E-state index contributed by atoms with van der Waals surface area (Å²) in [6.45, 7) is 3.52. The van der Waals surface area contributed by atoms with E-state index in [1.807, 2.05) is 42.2 Å². The molecule has 0 aliphatic carbocycles. The molecule has 0 unspecified atom stereocenters. The molecule has 0 spiro atoms. The summed E-state index contributed by atoms with van der Waals surface area (Å²) in [7, 11) is -2.02. The van der Waals surface area contributed by atoms with Crippen LogP contribution in [0.25, 0.3) is 0 Å². The van der Waals surface area contributed by atoms with Crippen molar-refractivity contribution in [2.24, 2.45) is 0 Å². The van der Waals surface area contributed by atoms with Gasteiger partial charge in [-0.25, -0.2) is 13.4 Å². The maximum Gasteiger partial charge on any atom is 0.243 e. The number of hydrogen-bond donors (Lipinski definition) is 2. The van der Waals surface area contributed by atoms with E-state index in [0.717, 1.165) is 22.7 Å². The molecule has 0 radical (unpaired) electrons. The number of benzene rings is 2. The van der Waals surface area contributed by atoms with E-state index in [9.17, 15) is 13.2 Å². The van der Waals surface area contributed by atoms with Crippen LogP contribution in [0.3, 0.4) is 0 Å². The topological polar surface area (TPSA) is 117 Å². The molecule has 188 valence electrons. The number of methoxy groups -OCH3 is 1. The molecule has 3 aromatic rings. The summed E-state index contributed by atoms with van der Waals surface area (Å²) >= 11 is 0. The number of aryl methyl sites for hydroxylation is 2. The van der Waals surface area contributed by atoms with Gasteiger partial charge in [0.15, 0.2) is 0 Å². The van der Waals surface area contributed by atoms with Gasteiger partial charge >= 0.3 is 0 Å². The van der Waals surface area contributed by atoms with Gasteiger partial charge < -0.3 is 20.3 Å². The molecule has 1 fully saturated rings. The Bertz CT molecular complexity index is 1390. The van der Waals surface area contributed by atoms with Crippen molar-refractivity contribution in [3.63, 3.8) is 0 Å². The zero-order chi connectivity index (χ0) is 25.3. The zero-order valence-electron chi connectivity index (χ0n) is 20.2. The lowest BCUT2D eigenvalue weighted by atomic mass is 10.0. The monoisotopic (exact) mass is 508 g/mol. The zero-order valence-corrected chi connectivity index (χ0v) is 21.0. The molecule has 11 heteroatoms. The number of fused-ring (bicyclic) bond motifs is 1. The number of aromatic nitrogens is 2. The number of sulfonamides is 1. The third-order valence-corrected chi connectivity index (χ3v) is 8.23. The van der Waals surface area contributed by atoms with Crippen molar-refractivity contribution in [3.8, 4) is 5.75 Å². The van der Waals surface area contributed by atoms with Gasteiger partial charge in [0.05, 0.1) is 12.0 Å². The minimum absolute atomic E-state index is 0.0463. The summed E-state index contributed by atoms with van der Waals surface area (Å²) < 4.78 is 33.3. The Morgan fingerprint density at radius 3 is 2.44 bits per heavy atom. The fourth-order valence-electron chi connectivity index (χ4n) is 4.38. The van der Waals surface area contributed by atoms with Gasteiger partial charge in [0.1, 0.15) is 11.6 Å². The molecule has 1 saturated heterocycles. The summed E-state index contributed by atoms with van der Waals surface area (Å²) in [5.41, 5.74) is 3.22. The molecule has 1 amide bonds. The first-order valence-electron chi connectivity index (χ1n) is 11.8. The Hall–Kier alpha value is -3.70. The Labute approximate surface area is 210 Å². The standard InChI is InChI=1S/C25H28N6O4S/c1-17-15-23(27-19-4-6-20(35-2)7-5-19)29-25(26-17)30-11-13-31(14-12-30)36(33,34)21-8-9-22-18(16-21)3-10-24(32)28-22/h4-9,15-16H,3,10-14H2,1-2H3,(H,28,32)(H,26,27,29). The van der Waals surface area contributed by atoms with E-state index in [4.69, 9.17) is 4.74 Å². The van der Waals surface area contributed by atoms with Crippen LogP contribution >= 0.6 is 0 Å². The summed E-state index contributed by atoms with van der Waals surface area (Å²) in [4.78, 5) is 23.1. The molecule has 36 heavy (non-hydrogen) atoms. The SMILES string of the molecule is COc1ccc(Nc2cc(C)nc(N3CCN(S(=O)(=O)c4ccc5c(c4)CCC(=O)N5)CC3)n2)cc1. The number of amides is 1. The van der Waals surface area contributed by atoms with E-state index in [0.29, 0.717) is 56.5 Å². The minimum atomic E-state index is -3.65. The second kappa shape index (κ2) is 9.75. The highest BCUT2D eigenvalue weighted by atomic mass is 32.2.